The van der Waals surface area contributed by atoms with Gasteiger partial charge in [0, 0.05) is 0 Å². The SMILES string of the molecule is CNS(=O)C(c1ccc(F)cc1)(c1ccc(F)cc1)C1CCCCC1. The molecule has 1 aliphatic carbocycles. The molecule has 2 aromatic rings. The van der Waals surface area contributed by atoms with E-state index in [0.29, 0.717) is 0 Å². The average molecular weight is 363 g/mol. The van der Waals surface area contributed by atoms with Crippen molar-refractivity contribution in [3.63, 3.8) is 0 Å². The Balaban J connectivity index is 2.24. The summed E-state index contributed by atoms with van der Waals surface area (Å²) >= 11 is 0. The summed E-state index contributed by atoms with van der Waals surface area (Å²) in [4.78, 5) is 0. The fourth-order valence-corrected chi connectivity index (χ4v) is 5.63. The molecule has 1 atom stereocenters. The Morgan fingerprint density at radius 3 is 1.72 bits per heavy atom. The Kier molecular flexibility index (Phi) is 5.64. The molecule has 1 aliphatic rings. The fourth-order valence-electron chi connectivity index (χ4n) is 4.07. The van der Waals surface area contributed by atoms with Gasteiger partial charge in [0.2, 0.25) is 0 Å². The van der Waals surface area contributed by atoms with E-state index in [4.69, 9.17) is 0 Å². The van der Waals surface area contributed by atoms with Gasteiger partial charge in [-0.3, -0.25) is 0 Å². The van der Waals surface area contributed by atoms with E-state index in [1.807, 2.05) is 0 Å². The summed E-state index contributed by atoms with van der Waals surface area (Å²) in [5.41, 5.74) is 1.61. The molecule has 0 spiro atoms. The minimum Gasteiger partial charge on any atom is -0.242 e. The lowest BCUT2D eigenvalue weighted by Crippen LogP contribution is -2.46. The van der Waals surface area contributed by atoms with E-state index in [9.17, 15) is 13.0 Å². The largest absolute Gasteiger partial charge is 0.242 e. The van der Waals surface area contributed by atoms with E-state index in [2.05, 4.69) is 4.72 Å². The molecule has 0 heterocycles. The third kappa shape index (κ3) is 3.40. The number of rotatable bonds is 5. The first-order valence-electron chi connectivity index (χ1n) is 8.70. The lowest BCUT2D eigenvalue weighted by molar-refractivity contribution is 0.300. The van der Waals surface area contributed by atoms with Gasteiger partial charge >= 0.3 is 0 Å². The summed E-state index contributed by atoms with van der Waals surface area (Å²) in [5, 5.41) is 0. The van der Waals surface area contributed by atoms with Crippen molar-refractivity contribution in [2.45, 2.75) is 36.9 Å². The number of halogens is 2. The van der Waals surface area contributed by atoms with Gasteiger partial charge in [0.15, 0.2) is 0 Å². The van der Waals surface area contributed by atoms with Crippen LogP contribution in [0, 0.1) is 17.6 Å². The van der Waals surface area contributed by atoms with Crippen LogP contribution in [-0.2, 0) is 15.7 Å². The maximum atomic E-state index is 13.5. The highest BCUT2D eigenvalue weighted by Crippen LogP contribution is 2.47. The predicted octanol–water partition coefficient (Wildman–Crippen LogP) is 4.67. The molecule has 1 fully saturated rings. The zero-order valence-corrected chi connectivity index (χ0v) is 15.1. The van der Waals surface area contributed by atoms with Gasteiger partial charge < -0.3 is 0 Å². The molecule has 0 radical (unpaired) electrons. The fraction of sp³-hybridized carbons (Fsp3) is 0.400. The van der Waals surface area contributed by atoms with E-state index in [-0.39, 0.29) is 17.6 Å². The summed E-state index contributed by atoms with van der Waals surface area (Å²) < 4.78 is 42.4. The van der Waals surface area contributed by atoms with Crippen molar-refractivity contribution < 1.29 is 13.0 Å². The van der Waals surface area contributed by atoms with Gasteiger partial charge in [-0.05, 0) is 61.2 Å². The van der Waals surface area contributed by atoms with E-state index in [0.717, 1.165) is 36.8 Å². The van der Waals surface area contributed by atoms with Gasteiger partial charge in [0.05, 0.1) is 0 Å². The Morgan fingerprint density at radius 1 is 0.880 bits per heavy atom. The molecule has 5 heteroatoms. The zero-order chi connectivity index (χ0) is 17.9. The molecular formula is C20H23F2NOS. The topological polar surface area (TPSA) is 29.1 Å². The average Bonchev–Trinajstić information content (AvgIpc) is 2.65. The molecule has 0 amide bonds. The first-order chi connectivity index (χ1) is 12.1. The molecule has 0 bridgehead atoms. The molecule has 2 aromatic carbocycles. The summed E-state index contributed by atoms with van der Waals surface area (Å²) in [6.07, 6.45) is 5.22. The monoisotopic (exact) mass is 363 g/mol. The maximum Gasteiger partial charge on any atom is 0.123 e. The van der Waals surface area contributed by atoms with E-state index in [1.165, 1.54) is 30.7 Å². The second-order valence-corrected chi connectivity index (χ2v) is 8.15. The van der Waals surface area contributed by atoms with Crippen LogP contribution in [0.1, 0.15) is 43.2 Å². The van der Waals surface area contributed by atoms with Crippen molar-refractivity contribution in [1.82, 2.24) is 4.72 Å². The highest BCUT2D eigenvalue weighted by molar-refractivity contribution is 7.84. The van der Waals surface area contributed by atoms with Crippen LogP contribution >= 0.6 is 0 Å². The van der Waals surface area contributed by atoms with Crippen LogP contribution in [0.15, 0.2) is 48.5 Å². The Bertz CT molecular complexity index is 679. The zero-order valence-electron chi connectivity index (χ0n) is 14.3. The lowest BCUT2D eigenvalue weighted by Gasteiger charge is -2.42. The molecule has 1 unspecified atom stereocenters. The highest BCUT2D eigenvalue weighted by Gasteiger charge is 2.47. The quantitative estimate of drug-likeness (QED) is 0.822. The first kappa shape index (κ1) is 18.2. The van der Waals surface area contributed by atoms with E-state index in [1.54, 1.807) is 31.3 Å². The molecule has 0 aromatic heterocycles. The van der Waals surface area contributed by atoms with Gasteiger partial charge in [-0.15, -0.1) is 0 Å². The van der Waals surface area contributed by atoms with Crippen molar-refractivity contribution in [2.24, 2.45) is 5.92 Å². The number of hydrogen-bond donors (Lipinski definition) is 1. The van der Waals surface area contributed by atoms with Crippen LogP contribution in [0.2, 0.25) is 0 Å². The standard InChI is InChI=1S/C20H23F2NOS/c1-23-25(24)20(15-5-3-2-4-6-15,16-7-11-18(21)12-8-16)17-9-13-19(22)14-10-17/h7-15,23H,2-6H2,1H3. The van der Waals surface area contributed by atoms with Crippen LogP contribution in [-0.4, -0.2) is 11.3 Å². The molecule has 0 saturated heterocycles. The molecule has 3 rings (SSSR count). The molecule has 0 aliphatic heterocycles. The third-order valence-corrected chi connectivity index (χ3v) is 6.96. The Morgan fingerprint density at radius 2 is 1.32 bits per heavy atom. The van der Waals surface area contributed by atoms with Crippen molar-refractivity contribution in [1.29, 1.82) is 0 Å². The van der Waals surface area contributed by atoms with Crippen molar-refractivity contribution in [3.05, 3.63) is 71.3 Å². The summed E-state index contributed by atoms with van der Waals surface area (Å²) in [5.74, 6) is -0.503. The number of nitrogens with one attached hydrogen (secondary N) is 1. The summed E-state index contributed by atoms with van der Waals surface area (Å²) in [6.45, 7) is 0. The molecule has 134 valence electrons. The van der Waals surface area contributed by atoms with Crippen LogP contribution in [0.5, 0.6) is 0 Å². The van der Waals surface area contributed by atoms with Crippen molar-refractivity contribution in [3.8, 4) is 0 Å². The lowest BCUT2D eigenvalue weighted by atomic mass is 9.72. The minimum absolute atomic E-state index is 0.144. The first-order valence-corrected chi connectivity index (χ1v) is 9.85. The van der Waals surface area contributed by atoms with Crippen molar-refractivity contribution >= 4 is 11.0 Å². The van der Waals surface area contributed by atoms with Crippen LogP contribution in [0.4, 0.5) is 8.78 Å². The molecule has 2 nitrogen and oxygen atoms in total. The molecular weight excluding hydrogens is 340 g/mol. The smallest absolute Gasteiger partial charge is 0.123 e. The van der Waals surface area contributed by atoms with Gasteiger partial charge in [-0.2, -0.15) is 0 Å². The summed E-state index contributed by atoms with van der Waals surface area (Å²) in [6, 6.07) is 12.5. The molecule has 1 saturated carbocycles. The maximum absolute atomic E-state index is 13.5. The van der Waals surface area contributed by atoms with Gasteiger partial charge in [-0.1, -0.05) is 43.5 Å². The van der Waals surface area contributed by atoms with E-state index < -0.39 is 15.7 Å². The Hall–Kier alpha value is -1.59. The number of hydrogen-bond acceptors (Lipinski definition) is 1. The Labute approximate surface area is 150 Å². The highest BCUT2D eigenvalue weighted by atomic mass is 32.2. The minimum atomic E-state index is -1.43. The van der Waals surface area contributed by atoms with Crippen LogP contribution in [0.3, 0.4) is 0 Å². The molecule has 1 N–H and O–H groups in total. The number of benzene rings is 2. The van der Waals surface area contributed by atoms with Crippen LogP contribution < -0.4 is 4.72 Å². The van der Waals surface area contributed by atoms with Gasteiger partial charge in [0.1, 0.15) is 27.4 Å². The normalized spacial score (nSPS) is 17.4. The third-order valence-electron chi connectivity index (χ3n) is 5.20. The predicted molar refractivity (Wildman–Crippen MR) is 97.4 cm³/mol. The second kappa shape index (κ2) is 7.75. The second-order valence-electron chi connectivity index (χ2n) is 6.56. The van der Waals surface area contributed by atoms with E-state index >= 15 is 0 Å². The van der Waals surface area contributed by atoms with Gasteiger partial charge in [0.25, 0.3) is 0 Å². The van der Waals surface area contributed by atoms with Gasteiger partial charge in [-0.25, -0.2) is 17.7 Å². The summed E-state index contributed by atoms with van der Waals surface area (Å²) in [7, 11) is 0.236. The molecule has 25 heavy (non-hydrogen) atoms. The van der Waals surface area contributed by atoms with Crippen LogP contribution in [0.25, 0.3) is 0 Å². The van der Waals surface area contributed by atoms with Crippen molar-refractivity contribution in [2.75, 3.05) is 7.05 Å².